The van der Waals surface area contributed by atoms with Crippen LogP contribution in [0.4, 0.5) is 5.82 Å². The fraction of sp³-hybridized carbons (Fsp3) is 0. The molecule has 0 aliphatic rings. The fourth-order valence-electron chi connectivity index (χ4n) is 0.543. The highest BCUT2D eigenvalue weighted by atomic mass is 35.5. The third kappa shape index (κ3) is 1.87. The van der Waals surface area contributed by atoms with Crippen molar-refractivity contribution in [1.29, 1.82) is 0 Å². The second kappa shape index (κ2) is 3.45. The molecule has 1 rings (SSSR count). The molecule has 1 heterocycles. The van der Waals surface area contributed by atoms with Crippen molar-refractivity contribution in [2.75, 3.05) is 5.43 Å². The van der Waals surface area contributed by atoms with Gasteiger partial charge in [0.25, 0.3) is 0 Å². The number of nitrogen functional groups attached to an aromatic ring is 1. The predicted molar refractivity (Wildman–Crippen MR) is 47.1 cm³/mol. The van der Waals surface area contributed by atoms with E-state index < -0.39 is 0 Å². The lowest BCUT2D eigenvalue weighted by atomic mass is 10.4. The van der Waals surface area contributed by atoms with Gasteiger partial charge in [-0.15, -0.1) is 0 Å². The molecule has 0 atom stereocenters. The molecule has 0 bridgehead atoms. The van der Waals surface area contributed by atoms with Crippen LogP contribution in [0, 0.1) is 0 Å². The molecule has 1 aromatic rings. The highest BCUT2D eigenvalue weighted by Crippen LogP contribution is 2.29. The summed E-state index contributed by atoms with van der Waals surface area (Å²) in [6.07, 6.45) is 0. The first-order valence-electron chi connectivity index (χ1n) is 2.63. The third-order valence-corrected chi connectivity index (χ3v) is 2.17. The predicted octanol–water partition coefficient (Wildman–Crippen LogP) is 2.33. The Labute approximate surface area is 78.4 Å². The fourth-order valence-corrected chi connectivity index (χ4v) is 1.07. The number of nitrogens with one attached hydrogen (secondary N) is 1. The van der Waals surface area contributed by atoms with Gasteiger partial charge in [0.1, 0.15) is 5.82 Å². The van der Waals surface area contributed by atoms with E-state index in [1.807, 2.05) is 0 Å². The number of hydrazine groups is 1. The van der Waals surface area contributed by atoms with Gasteiger partial charge in [0.15, 0.2) is 5.15 Å². The van der Waals surface area contributed by atoms with Crippen molar-refractivity contribution in [3.63, 3.8) is 0 Å². The Kier molecular flexibility index (Phi) is 2.78. The quantitative estimate of drug-likeness (QED) is 0.427. The van der Waals surface area contributed by atoms with Gasteiger partial charge < -0.3 is 5.43 Å². The van der Waals surface area contributed by atoms with Crippen LogP contribution in [-0.2, 0) is 0 Å². The van der Waals surface area contributed by atoms with Crippen LogP contribution in [-0.4, -0.2) is 4.98 Å². The van der Waals surface area contributed by atoms with E-state index in [-0.39, 0.29) is 10.2 Å². The summed E-state index contributed by atoms with van der Waals surface area (Å²) in [4.78, 5) is 3.76. The number of hydrogen-bond acceptors (Lipinski definition) is 3. The lowest BCUT2D eigenvalue weighted by molar-refractivity contribution is 1.23. The molecule has 1 aromatic heterocycles. The molecule has 3 N–H and O–H groups in total. The SMILES string of the molecule is NNc1cc(Cl)c(Cl)c(Cl)n1. The van der Waals surface area contributed by atoms with Gasteiger partial charge in [-0.25, -0.2) is 10.8 Å². The molecule has 0 aliphatic heterocycles. The summed E-state index contributed by atoms with van der Waals surface area (Å²) in [5.41, 5.74) is 2.30. The Morgan fingerprint density at radius 1 is 1.36 bits per heavy atom. The van der Waals surface area contributed by atoms with Crippen molar-refractivity contribution in [2.24, 2.45) is 5.84 Å². The molecule has 0 unspecified atom stereocenters. The Morgan fingerprint density at radius 2 is 2.00 bits per heavy atom. The van der Waals surface area contributed by atoms with Crippen molar-refractivity contribution in [3.8, 4) is 0 Å². The molecule has 0 spiro atoms. The van der Waals surface area contributed by atoms with E-state index in [0.717, 1.165) is 0 Å². The van der Waals surface area contributed by atoms with Crippen LogP contribution in [0.2, 0.25) is 15.2 Å². The number of rotatable bonds is 1. The second-order valence-electron chi connectivity index (χ2n) is 1.74. The molecule has 0 fully saturated rings. The maximum absolute atomic E-state index is 5.65. The van der Waals surface area contributed by atoms with Gasteiger partial charge in [-0.05, 0) is 0 Å². The number of halogens is 3. The Hall–Kier alpha value is -0.220. The number of aromatic nitrogens is 1. The van der Waals surface area contributed by atoms with Crippen molar-refractivity contribution in [2.45, 2.75) is 0 Å². The molecule has 6 heteroatoms. The molecule has 0 amide bonds. The Bertz CT molecular complexity index is 253. The standard InChI is InChI=1S/C5H4Cl3N3/c6-2-1-3(11-9)10-5(8)4(2)7/h1H,9H2,(H,10,11). The van der Waals surface area contributed by atoms with Crippen molar-refractivity contribution in [1.82, 2.24) is 4.98 Å². The molecule has 60 valence electrons. The first-order chi connectivity index (χ1) is 5.15. The molecular weight excluding hydrogens is 208 g/mol. The van der Waals surface area contributed by atoms with Gasteiger partial charge in [0.2, 0.25) is 0 Å². The third-order valence-electron chi connectivity index (χ3n) is 1.02. The van der Waals surface area contributed by atoms with Gasteiger partial charge in [-0.2, -0.15) is 0 Å². The summed E-state index contributed by atoms with van der Waals surface area (Å²) in [5.74, 6) is 5.44. The molecule has 0 radical (unpaired) electrons. The minimum absolute atomic E-state index is 0.132. The van der Waals surface area contributed by atoms with Crippen LogP contribution in [0.25, 0.3) is 0 Å². The van der Waals surface area contributed by atoms with Crippen molar-refractivity contribution < 1.29 is 0 Å². The number of hydrogen-bond donors (Lipinski definition) is 2. The zero-order chi connectivity index (χ0) is 8.43. The molecule has 0 aliphatic carbocycles. The van der Waals surface area contributed by atoms with E-state index in [0.29, 0.717) is 10.8 Å². The number of nitrogens with two attached hydrogens (primary N) is 1. The van der Waals surface area contributed by atoms with E-state index >= 15 is 0 Å². The van der Waals surface area contributed by atoms with Gasteiger partial charge in [0.05, 0.1) is 10.0 Å². The average Bonchev–Trinajstić information content (AvgIpc) is 1.99. The summed E-state index contributed by atoms with van der Waals surface area (Å²) >= 11 is 16.8. The lowest BCUT2D eigenvalue weighted by Crippen LogP contribution is -2.08. The highest BCUT2D eigenvalue weighted by molar-refractivity contribution is 6.47. The summed E-state index contributed by atoms with van der Waals surface area (Å²) < 4.78 is 0. The average molecular weight is 212 g/mol. The van der Waals surface area contributed by atoms with Crippen molar-refractivity contribution in [3.05, 3.63) is 21.3 Å². The topological polar surface area (TPSA) is 50.9 Å². The zero-order valence-corrected chi connectivity index (χ0v) is 7.50. The minimum Gasteiger partial charge on any atom is -0.308 e. The molecule has 0 saturated carbocycles. The van der Waals surface area contributed by atoms with Crippen LogP contribution in [0.5, 0.6) is 0 Å². The molecule has 3 nitrogen and oxygen atoms in total. The largest absolute Gasteiger partial charge is 0.308 e. The number of anilines is 1. The van der Waals surface area contributed by atoms with Crippen LogP contribution in [0.15, 0.2) is 6.07 Å². The first kappa shape index (κ1) is 8.87. The smallest absolute Gasteiger partial charge is 0.151 e. The molecule has 11 heavy (non-hydrogen) atoms. The minimum atomic E-state index is 0.132. The maximum atomic E-state index is 5.65. The van der Waals surface area contributed by atoms with E-state index in [1.54, 1.807) is 0 Å². The number of nitrogens with zero attached hydrogens (tertiary/aromatic N) is 1. The van der Waals surface area contributed by atoms with E-state index in [1.165, 1.54) is 6.07 Å². The van der Waals surface area contributed by atoms with Crippen LogP contribution in [0.3, 0.4) is 0 Å². The van der Waals surface area contributed by atoms with Gasteiger partial charge in [0, 0.05) is 6.07 Å². The summed E-state index contributed by atoms with van der Waals surface area (Å²) in [5, 5.41) is 0.680. The van der Waals surface area contributed by atoms with Gasteiger partial charge in [-0.1, -0.05) is 34.8 Å². The van der Waals surface area contributed by atoms with Gasteiger partial charge in [-0.3, -0.25) is 0 Å². The van der Waals surface area contributed by atoms with Crippen molar-refractivity contribution >= 4 is 40.6 Å². The maximum Gasteiger partial charge on any atom is 0.151 e. The summed E-state index contributed by atoms with van der Waals surface area (Å²) in [6, 6.07) is 1.48. The Balaban J connectivity index is 3.21. The second-order valence-corrected chi connectivity index (χ2v) is 2.88. The molecular formula is C5H4Cl3N3. The molecule has 0 saturated heterocycles. The van der Waals surface area contributed by atoms with Gasteiger partial charge >= 0.3 is 0 Å². The lowest BCUT2D eigenvalue weighted by Gasteiger charge is -2.01. The summed E-state index contributed by atoms with van der Waals surface area (Å²) in [7, 11) is 0. The number of pyridine rings is 1. The van der Waals surface area contributed by atoms with Crippen LogP contribution in [0.1, 0.15) is 0 Å². The first-order valence-corrected chi connectivity index (χ1v) is 3.76. The highest BCUT2D eigenvalue weighted by Gasteiger charge is 2.05. The Morgan fingerprint density at radius 3 is 2.45 bits per heavy atom. The van der Waals surface area contributed by atoms with Crippen LogP contribution >= 0.6 is 34.8 Å². The molecule has 0 aromatic carbocycles. The van der Waals surface area contributed by atoms with E-state index in [2.05, 4.69) is 10.4 Å². The van der Waals surface area contributed by atoms with E-state index in [9.17, 15) is 0 Å². The van der Waals surface area contributed by atoms with Crippen LogP contribution < -0.4 is 11.3 Å². The normalized spacial score (nSPS) is 9.82. The monoisotopic (exact) mass is 211 g/mol. The van der Waals surface area contributed by atoms with E-state index in [4.69, 9.17) is 40.6 Å². The zero-order valence-electron chi connectivity index (χ0n) is 5.24. The summed E-state index contributed by atoms with van der Waals surface area (Å²) in [6.45, 7) is 0.